The SMILES string of the molecule is O=C1NCCN1C1CCN(S(=O)(=O)N[C@H]2CC3=C(c4ccn(C(F)F)n4)[C@H](c4ccc(F)cc4Cl)N=C(c4nccs4)N3C2)CC1. The van der Waals surface area contributed by atoms with Crippen molar-refractivity contribution in [1.82, 2.24) is 38.9 Å². The Kier molecular flexibility index (Phi) is 8.29. The van der Waals surface area contributed by atoms with E-state index in [-0.39, 0.29) is 48.8 Å². The topological polar surface area (TPSA) is 128 Å². The molecule has 0 aliphatic carbocycles. The number of carbonyl (C=O) groups is 1. The van der Waals surface area contributed by atoms with Gasteiger partial charge >= 0.3 is 12.6 Å². The van der Waals surface area contributed by atoms with Crippen molar-refractivity contribution in [3.8, 4) is 0 Å². The zero-order valence-corrected chi connectivity index (χ0v) is 26.6. The van der Waals surface area contributed by atoms with Gasteiger partial charge in [-0.05, 0) is 31.0 Å². The van der Waals surface area contributed by atoms with Crippen LogP contribution in [0.3, 0.4) is 0 Å². The third-order valence-corrected chi connectivity index (χ3v) is 11.4. The van der Waals surface area contributed by atoms with Crippen molar-refractivity contribution < 1.29 is 26.4 Å². The molecule has 46 heavy (non-hydrogen) atoms. The molecule has 3 aromatic rings. The van der Waals surface area contributed by atoms with E-state index >= 15 is 0 Å². The molecule has 18 heteroatoms. The number of hydrogen-bond donors (Lipinski definition) is 2. The molecular weight excluding hydrogens is 667 g/mol. The van der Waals surface area contributed by atoms with Crippen molar-refractivity contribution in [2.45, 2.75) is 43.9 Å². The first kappa shape index (κ1) is 31.1. The summed E-state index contributed by atoms with van der Waals surface area (Å²) >= 11 is 7.86. The van der Waals surface area contributed by atoms with E-state index in [1.165, 1.54) is 33.8 Å². The number of piperidine rings is 1. The third kappa shape index (κ3) is 5.78. The number of carbonyl (C=O) groups excluding carboxylic acids is 1. The molecule has 0 bridgehead atoms. The van der Waals surface area contributed by atoms with Crippen molar-refractivity contribution in [3.63, 3.8) is 0 Å². The summed E-state index contributed by atoms with van der Waals surface area (Å²) in [6, 6.07) is 3.73. The highest BCUT2D eigenvalue weighted by molar-refractivity contribution is 7.87. The van der Waals surface area contributed by atoms with E-state index in [1.54, 1.807) is 16.5 Å². The number of aromatic nitrogens is 3. The summed E-state index contributed by atoms with van der Waals surface area (Å²) in [5, 5.41) is 9.36. The molecule has 3 saturated heterocycles. The molecule has 244 valence electrons. The number of thiazole rings is 1. The van der Waals surface area contributed by atoms with Crippen LogP contribution in [0.2, 0.25) is 5.02 Å². The number of amidine groups is 1. The van der Waals surface area contributed by atoms with Gasteiger partial charge in [-0.2, -0.15) is 31.3 Å². The number of hydrogen-bond acceptors (Lipinski definition) is 8. The number of benzene rings is 1. The summed E-state index contributed by atoms with van der Waals surface area (Å²) in [6.07, 6.45) is 4.02. The van der Waals surface area contributed by atoms with Gasteiger partial charge in [-0.3, -0.25) is 4.99 Å². The molecule has 4 aliphatic rings. The summed E-state index contributed by atoms with van der Waals surface area (Å²) in [4.78, 5) is 25.1. The Morgan fingerprint density at radius 3 is 2.61 bits per heavy atom. The Bertz CT molecular complexity index is 1810. The standard InChI is InChI=1S/C28H29ClF3N9O3S2/c29-20-13-16(30)1-2-19(20)24-23(21-5-10-41(36-21)27(31)32)22-14-17(15-40(22)25(35-24)26-33-7-12-45-26)37-46(43,44)38-8-3-18(4-9-38)39-11-6-34-28(39)42/h1-2,5,7,10,12-13,17-18,24,27,37H,3-4,6,8-9,11,14-15H2,(H,34,42)/t17-,24-/m0/s1. The molecule has 0 spiro atoms. The molecule has 2 aromatic heterocycles. The number of amides is 2. The minimum Gasteiger partial charge on any atom is -0.336 e. The second-order valence-corrected chi connectivity index (χ2v) is 14.4. The predicted molar refractivity (Wildman–Crippen MR) is 165 cm³/mol. The van der Waals surface area contributed by atoms with Gasteiger partial charge in [-0.1, -0.05) is 17.7 Å². The van der Waals surface area contributed by atoms with Gasteiger partial charge in [0.2, 0.25) is 0 Å². The molecular formula is C28H29ClF3N9O3S2. The molecule has 6 heterocycles. The number of rotatable bonds is 8. The zero-order valence-electron chi connectivity index (χ0n) is 24.2. The van der Waals surface area contributed by atoms with Crippen molar-refractivity contribution >= 4 is 50.6 Å². The third-order valence-electron chi connectivity index (χ3n) is 8.63. The molecule has 1 aromatic carbocycles. The molecule has 4 aliphatic heterocycles. The van der Waals surface area contributed by atoms with Crippen molar-refractivity contribution in [2.75, 3.05) is 32.7 Å². The minimum absolute atomic E-state index is 0.0255. The normalized spacial score (nSPS) is 23.0. The van der Waals surface area contributed by atoms with Crippen LogP contribution >= 0.6 is 22.9 Å². The van der Waals surface area contributed by atoms with E-state index < -0.39 is 34.7 Å². The number of nitrogens with one attached hydrogen (secondary N) is 2. The van der Waals surface area contributed by atoms with E-state index in [2.05, 4.69) is 20.1 Å². The lowest BCUT2D eigenvalue weighted by molar-refractivity contribution is 0.0564. The first-order valence-corrected chi connectivity index (χ1v) is 17.4. The van der Waals surface area contributed by atoms with Crippen LogP contribution in [0.1, 0.15) is 48.1 Å². The van der Waals surface area contributed by atoms with Crippen LogP contribution in [-0.2, 0) is 10.2 Å². The largest absolute Gasteiger partial charge is 0.336 e. The van der Waals surface area contributed by atoms with Gasteiger partial charge < -0.3 is 15.1 Å². The second kappa shape index (κ2) is 12.3. The Hall–Kier alpha value is -3.51. The fraction of sp³-hybridized carbons (Fsp3) is 0.429. The van der Waals surface area contributed by atoms with Gasteiger partial charge in [0.1, 0.15) is 11.9 Å². The quantitative estimate of drug-likeness (QED) is 0.369. The van der Waals surface area contributed by atoms with Crippen molar-refractivity contribution in [3.05, 3.63) is 74.8 Å². The van der Waals surface area contributed by atoms with Gasteiger partial charge in [0.25, 0.3) is 10.2 Å². The lowest BCUT2D eigenvalue weighted by atomic mass is 9.92. The Morgan fingerprint density at radius 1 is 1.15 bits per heavy atom. The zero-order chi connectivity index (χ0) is 32.2. The van der Waals surface area contributed by atoms with Crippen LogP contribution in [0, 0.1) is 5.82 Å². The number of nitrogens with zero attached hydrogens (tertiary/aromatic N) is 7. The van der Waals surface area contributed by atoms with Gasteiger partial charge in [0.15, 0.2) is 10.8 Å². The number of urea groups is 1. The smallest absolute Gasteiger partial charge is 0.333 e. The number of aliphatic imine (C=N–C) groups is 1. The summed E-state index contributed by atoms with van der Waals surface area (Å²) in [5.41, 5.74) is 1.73. The van der Waals surface area contributed by atoms with E-state index in [0.717, 1.165) is 12.3 Å². The van der Waals surface area contributed by atoms with Crippen LogP contribution < -0.4 is 10.0 Å². The lowest BCUT2D eigenvalue weighted by Gasteiger charge is -2.35. The second-order valence-electron chi connectivity index (χ2n) is 11.4. The van der Waals surface area contributed by atoms with E-state index in [4.69, 9.17) is 16.6 Å². The van der Waals surface area contributed by atoms with Crippen LogP contribution in [0.15, 0.2) is 52.7 Å². The molecule has 12 nitrogen and oxygen atoms in total. The minimum atomic E-state index is -3.93. The molecule has 0 saturated carbocycles. The van der Waals surface area contributed by atoms with Gasteiger partial charge in [-0.25, -0.2) is 18.9 Å². The summed E-state index contributed by atoms with van der Waals surface area (Å²) in [7, 11) is -3.93. The number of halogens is 4. The maximum Gasteiger partial charge on any atom is 0.333 e. The Labute approximate surface area is 271 Å². The van der Waals surface area contributed by atoms with E-state index in [9.17, 15) is 26.4 Å². The average Bonchev–Trinajstić information content (AvgIpc) is 3.84. The summed E-state index contributed by atoms with van der Waals surface area (Å²) in [6.45, 7) is -0.981. The molecule has 0 radical (unpaired) electrons. The van der Waals surface area contributed by atoms with Gasteiger partial charge in [0, 0.05) is 90.9 Å². The Balaban J connectivity index is 1.22. The fourth-order valence-corrected chi connectivity index (χ4v) is 8.88. The van der Waals surface area contributed by atoms with Crippen LogP contribution in [0.4, 0.5) is 18.0 Å². The van der Waals surface area contributed by atoms with E-state index in [1.807, 2.05) is 4.90 Å². The van der Waals surface area contributed by atoms with Crippen LogP contribution in [0.5, 0.6) is 0 Å². The molecule has 7 rings (SSSR count). The summed E-state index contributed by atoms with van der Waals surface area (Å²) in [5.74, 6) is -0.0894. The van der Waals surface area contributed by atoms with Crippen molar-refractivity contribution in [1.29, 1.82) is 0 Å². The highest BCUT2D eigenvalue weighted by Gasteiger charge is 2.43. The lowest BCUT2D eigenvalue weighted by Crippen LogP contribution is -2.52. The first-order chi connectivity index (χ1) is 22.1. The predicted octanol–water partition coefficient (Wildman–Crippen LogP) is 3.84. The number of alkyl halides is 2. The average molecular weight is 696 g/mol. The molecule has 2 atom stereocenters. The summed E-state index contributed by atoms with van der Waals surface area (Å²) < 4.78 is 73.4. The van der Waals surface area contributed by atoms with Gasteiger partial charge in [-0.15, -0.1) is 11.3 Å². The highest BCUT2D eigenvalue weighted by Crippen LogP contribution is 2.46. The first-order valence-electron chi connectivity index (χ1n) is 14.7. The maximum atomic E-state index is 14.1. The molecule has 0 unspecified atom stereocenters. The molecule has 2 N–H and O–H groups in total. The maximum absolute atomic E-state index is 14.1. The number of fused-ring (bicyclic) bond motifs is 1. The fourth-order valence-electron chi connectivity index (χ4n) is 6.55. The van der Waals surface area contributed by atoms with Crippen molar-refractivity contribution in [2.24, 2.45) is 4.99 Å². The molecule has 3 fully saturated rings. The highest BCUT2D eigenvalue weighted by atomic mass is 35.5. The molecule has 2 amide bonds. The van der Waals surface area contributed by atoms with Gasteiger partial charge in [0.05, 0.1) is 5.69 Å². The van der Waals surface area contributed by atoms with Crippen LogP contribution in [0.25, 0.3) is 5.57 Å². The Morgan fingerprint density at radius 2 is 1.96 bits per heavy atom. The van der Waals surface area contributed by atoms with E-state index in [0.29, 0.717) is 58.3 Å². The monoisotopic (exact) mass is 695 g/mol. The van der Waals surface area contributed by atoms with Crippen LogP contribution in [-0.4, -0.2) is 94.0 Å².